The van der Waals surface area contributed by atoms with E-state index < -0.39 is 10.8 Å². The van der Waals surface area contributed by atoms with E-state index in [0.29, 0.717) is 11.7 Å². The average Bonchev–Trinajstić information content (AvgIpc) is 2.36. The van der Waals surface area contributed by atoms with Crippen molar-refractivity contribution in [3.63, 3.8) is 0 Å². The van der Waals surface area contributed by atoms with Gasteiger partial charge in [-0.2, -0.15) is 0 Å². The highest BCUT2D eigenvalue weighted by molar-refractivity contribution is 7.86. The van der Waals surface area contributed by atoms with E-state index in [0.717, 1.165) is 24.2 Å². The SMILES string of the molecule is COc1cc(CC[C@@H](C)C[S@](=O)C(C)(C)C)ccc1O. The van der Waals surface area contributed by atoms with Crippen molar-refractivity contribution in [3.05, 3.63) is 23.8 Å². The molecule has 114 valence electrons. The van der Waals surface area contributed by atoms with Crippen LogP contribution in [0.4, 0.5) is 0 Å². The Morgan fingerprint density at radius 1 is 1.35 bits per heavy atom. The normalized spacial score (nSPS) is 14.8. The Kier molecular flexibility index (Phi) is 6.06. The summed E-state index contributed by atoms with van der Waals surface area (Å²) in [5.74, 6) is 1.82. The van der Waals surface area contributed by atoms with Gasteiger partial charge in [0.2, 0.25) is 0 Å². The minimum Gasteiger partial charge on any atom is -0.504 e. The monoisotopic (exact) mass is 298 g/mol. The summed E-state index contributed by atoms with van der Waals surface area (Å²) < 4.78 is 17.0. The average molecular weight is 298 g/mol. The van der Waals surface area contributed by atoms with Crippen LogP contribution in [0.3, 0.4) is 0 Å². The molecule has 4 heteroatoms. The summed E-state index contributed by atoms with van der Waals surface area (Å²) in [6.45, 7) is 8.18. The molecule has 3 nitrogen and oxygen atoms in total. The van der Waals surface area contributed by atoms with Crippen LogP contribution in [0, 0.1) is 5.92 Å². The maximum Gasteiger partial charge on any atom is 0.160 e. The number of benzene rings is 1. The molecule has 0 saturated heterocycles. The Morgan fingerprint density at radius 3 is 2.55 bits per heavy atom. The number of hydrogen-bond acceptors (Lipinski definition) is 3. The van der Waals surface area contributed by atoms with Crippen LogP contribution in [0.2, 0.25) is 0 Å². The number of phenols is 1. The molecule has 1 aromatic rings. The lowest BCUT2D eigenvalue weighted by Gasteiger charge is -2.20. The molecule has 1 rings (SSSR count). The van der Waals surface area contributed by atoms with Gasteiger partial charge in [0.05, 0.1) is 7.11 Å². The van der Waals surface area contributed by atoms with Crippen molar-refractivity contribution in [1.29, 1.82) is 0 Å². The topological polar surface area (TPSA) is 46.5 Å². The van der Waals surface area contributed by atoms with Gasteiger partial charge < -0.3 is 9.84 Å². The van der Waals surface area contributed by atoms with Crippen molar-refractivity contribution in [2.45, 2.75) is 45.3 Å². The number of hydrogen-bond donors (Lipinski definition) is 1. The Bertz CT molecular complexity index is 463. The molecule has 1 aromatic carbocycles. The summed E-state index contributed by atoms with van der Waals surface area (Å²) in [6, 6.07) is 5.43. The van der Waals surface area contributed by atoms with Gasteiger partial charge in [-0.1, -0.05) is 13.0 Å². The second-order valence-corrected chi connectivity index (χ2v) is 8.52. The van der Waals surface area contributed by atoms with Crippen LogP contribution in [-0.2, 0) is 17.2 Å². The lowest BCUT2D eigenvalue weighted by atomic mass is 10.0. The minimum atomic E-state index is -0.800. The zero-order chi connectivity index (χ0) is 15.3. The maximum absolute atomic E-state index is 12.1. The van der Waals surface area contributed by atoms with E-state index in [4.69, 9.17) is 4.74 Å². The van der Waals surface area contributed by atoms with E-state index in [2.05, 4.69) is 6.92 Å². The first-order chi connectivity index (χ1) is 9.24. The van der Waals surface area contributed by atoms with Crippen LogP contribution < -0.4 is 4.74 Å². The van der Waals surface area contributed by atoms with Gasteiger partial charge in [-0.05, 0) is 57.2 Å². The third-order valence-electron chi connectivity index (χ3n) is 3.29. The number of ether oxygens (including phenoxy) is 1. The van der Waals surface area contributed by atoms with E-state index in [1.807, 2.05) is 32.9 Å². The maximum atomic E-state index is 12.1. The summed E-state index contributed by atoms with van der Waals surface area (Å²) in [5.41, 5.74) is 1.13. The molecular formula is C16H26O3S. The molecule has 0 saturated carbocycles. The molecule has 1 N–H and O–H groups in total. The number of phenolic OH excluding ortho intramolecular Hbond substituents is 1. The van der Waals surface area contributed by atoms with Gasteiger partial charge in [0.1, 0.15) is 0 Å². The van der Waals surface area contributed by atoms with Gasteiger partial charge in [0, 0.05) is 21.3 Å². The van der Waals surface area contributed by atoms with Crippen LogP contribution in [-0.4, -0.2) is 26.9 Å². The highest BCUT2D eigenvalue weighted by atomic mass is 32.2. The van der Waals surface area contributed by atoms with Crippen molar-refractivity contribution < 1.29 is 14.1 Å². The van der Waals surface area contributed by atoms with Crippen molar-refractivity contribution in [2.24, 2.45) is 5.92 Å². The van der Waals surface area contributed by atoms with Crippen molar-refractivity contribution >= 4 is 10.8 Å². The molecule has 0 heterocycles. The molecule has 0 amide bonds. The summed E-state index contributed by atoms with van der Waals surface area (Å²) in [7, 11) is 0.750. The van der Waals surface area contributed by atoms with Crippen LogP contribution >= 0.6 is 0 Å². The summed E-state index contributed by atoms with van der Waals surface area (Å²) in [6.07, 6.45) is 1.88. The molecule has 0 radical (unpaired) electrons. The first kappa shape index (κ1) is 17.0. The summed E-state index contributed by atoms with van der Waals surface area (Å²) >= 11 is 0. The molecule has 0 aliphatic rings. The Morgan fingerprint density at radius 2 is 2.00 bits per heavy atom. The van der Waals surface area contributed by atoms with Crippen LogP contribution in [0.25, 0.3) is 0 Å². The lowest BCUT2D eigenvalue weighted by Crippen LogP contribution is -2.26. The first-order valence-corrected chi connectivity index (χ1v) is 8.30. The zero-order valence-electron chi connectivity index (χ0n) is 13.1. The molecule has 0 aromatic heterocycles. The fourth-order valence-corrected chi connectivity index (χ4v) is 3.07. The van der Waals surface area contributed by atoms with E-state index in [1.165, 1.54) is 0 Å². The van der Waals surface area contributed by atoms with Crippen LogP contribution in [0.15, 0.2) is 18.2 Å². The summed E-state index contributed by atoms with van der Waals surface area (Å²) in [5, 5.41) is 9.56. The van der Waals surface area contributed by atoms with Gasteiger partial charge in [0.25, 0.3) is 0 Å². The Labute approximate surface area is 124 Å². The van der Waals surface area contributed by atoms with E-state index >= 15 is 0 Å². The van der Waals surface area contributed by atoms with Gasteiger partial charge >= 0.3 is 0 Å². The third-order valence-corrected chi connectivity index (χ3v) is 5.53. The molecule has 20 heavy (non-hydrogen) atoms. The zero-order valence-corrected chi connectivity index (χ0v) is 13.9. The van der Waals surface area contributed by atoms with E-state index in [9.17, 15) is 9.32 Å². The van der Waals surface area contributed by atoms with E-state index in [-0.39, 0.29) is 10.5 Å². The molecule has 0 unspecified atom stereocenters. The molecule has 0 aliphatic heterocycles. The number of aromatic hydroxyl groups is 1. The molecule has 0 aliphatic carbocycles. The molecule has 0 fully saturated rings. The molecule has 0 spiro atoms. The minimum absolute atomic E-state index is 0.143. The third kappa shape index (κ3) is 5.16. The summed E-state index contributed by atoms with van der Waals surface area (Å²) in [4.78, 5) is 0. The number of methoxy groups -OCH3 is 1. The molecule has 2 atom stereocenters. The second-order valence-electron chi connectivity index (χ2n) is 6.27. The Balaban J connectivity index is 2.53. The van der Waals surface area contributed by atoms with Gasteiger partial charge in [-0.25, -0.2) is 0 Å². The first-order valence-electron chi connectivity index (χ1n) is 6.98. The molecular weight excluding hydrogens is 272 g/mol. The van der Waals surface area contributed by atoms with E-state index in [1.54, 1.807) is 13.2 Å². The highest BCUT2D eigenvalue weighted by Crippen LogP contribution is 2.27. The van der Waals surface area contributed by atoms with Gasteiger partial charge in [-0.15, -0.1) is 0 Å². The standard InChI is InChI=1S/C16H26O3S/c1-12(11-20(18)16(2,3)4)6-7-13-8-9-14(17)15(10-13)19-5/h8-10,12,17H,6-7,11H2,1-5H3/t12-,20+/m1/s1. The lowest BCUT2D eigenvalue weighted by molar-refractivity contribution is 0.373. The van der Waals surface area contributed by atoms with Gasteiger partial charge in [-0.3, -0.25) is 4.21 Å². The fourth-order valence-electron chi connectivity index (χ4n) is 1.88. The van der Waals surface area contributed by atoms with Crippen molar-refractivity contribution in [3.8, 4) is 11.5 Å². The Hall–Kier alpha value is -1.03. The smallest absolute Gasteiger partial charge is 0.160 e. The second kappa shape index (κ2) is 7.11. The van der Waals surface area contributed by atoms with Gasteiger partial charge in [0.15, 0.2) is 11.5 Å². The highest BCUT2D eigenvalue weighted by Gasteiger charge is 2.21. The van der Waals surface area contributed by atoms with Crippen molar-refractivity contribution in [2.75, 3.05) is 12.9 Å². The number of aryl methyl sites for hydroxylation is 1. The van der Waals surface area contributed by atoms with Crippen molar-refractivity contribution in [1.82, 2.24) is 0 Å². The predicted molar refractivity (Wildman–Crippen MR) is 84.9 cm³/mol. The largest absolute Gasteiger partial charge is 0.504 e. The quantitative estimate of drug-likeness (QED) is 0.874. The van der Waals surface area contributed by atoms with Crippen LogP contribution in [0.5, 0.6) is 11.5 Å². The van der Waals surface area contributed by atoms with Crippen LogP contribution in [0.1, 0.15) is 39.7 Å². The fraction of sp³-hybridized carbons (Fsp3) is 0.625. The number of rotatable bonds is 6. The molecule has 0 bridgehead atoms. The predicted octanol–water partition coefficient (Wildman–Crippen LogP) is 3.52.